The molecule has 218 valence electrons. The molecule has 1 saturated carbocycles. The monoisotopic (exact) mass is 572 g/mol. The fraction of sp³-hybridized carbons (Fsp3) is 0.469. The van der Waals surface area contributed by atoms with Crippen LogP contribution in [0.25, 0.3) is 32.9 Å². The van der Waals surface area contributed by atoms with Crippen molar-refractivity contribution in [2.45, 2.75) is 50.6 Å². The summed E-state index contributed by atoms with van der Waals surface area (Å²) in [5, 5.41) is 15.2. The van der Waals surface area contributed by atoms with Crippen molar-refractivity contribution in [2.75, 3.05) is 44.2 Å². The Kier molecular flexibility index (Phi) is 6.19. The molecule has 8 nitrogen and oxygen atoms in total. The number of piperazine rings is 1. The number of anilines is 1. The summed E-state index contributed by atoms with van der Waals surface area (Å²) in [4.78, 5) is 18.6. The standard InChI is InChI=1S/C32H34F2N6O2/c33-25-5-3-4-19-12-22(41)13-23(26(19)25)28-27(34)29-24(14-35-28)30(40-15-20-6-7-21(16-40)36-20)38-31(37-29)42-18-32(8-9-32)17-39-10-1-2-11-39/h3-5,12-14,20-21,36,41H,1-2,6-11,15-18H2/t20-,21+. The molecule has 0 amide bonds. The fourth-order valence-electron chi connectivity index (χ4n) is 7.20. The Hall–Kier alpha value is -3.63. The molecule has 0 spiro atoms. The quantitative estimate of drug-likeness (QED) is 0.319. The molecule has 1 aliphatic carbocycles. The number of pyridine rings is 1. The van der Waals surface area contributed by atoms with E-state index >= 15 is 8.78 Å². The summed E-state index contributed by atoms with van der Waals surface area (Å²) in [6.07, 6.45) is 8.46. The predicted molar refractivity (Wildman–Crippen MR) is 157 cm³/mol. The average Bonchev–Trinajstić information content (AvgIpc) is 3.38. The maximum atomic E-state index is 16.5. The Balaban J connectivity index is 1.22. The van der Waals surface area contributed by atoms with Gasteiger partial charge in [-0.2, -0.15) is 9.97 Å². The van der Waals surface area contributed by atoms with E-state index < -0.39 is 11.6 Å². The Bertz CT molecular complexity index is 1680. The van der Waals surface area contributed by atoms with Crippen LogP contribution in [0.3, 0.4) is 0 Å². The molecule has 3 aliphatic heterocycles. The van der Waals surface area contributed by atoms with Gasteiger partial charge in [-0.3, -0.25) is 4.98 Å². The molecule has 8 rings (SSSR count). The molecule has 42 heavy (non-hydrogen) atoms. The van der Waals surface area contributed by atoms with E-state index in [9.17, 15) is 5.11 Å². The fourth-order valence-corrected chi connectivity index (χ4v) is 7.20. The number of nitrogens with one attached hydrogen (secondary N) is 1. The van der Waals surface area contributed by atoms with E-state index in [-0.39, 0.29) is 39.3 Å². The molecular formula is C32H34F2N6O2. The van der Waals surface area contributed by atoms with Gasteiger partial charge >= 0.3 is 6.01 Å². The van der Waals surface area contributed by atoms with Gasteiger partial charge in [0, 0.05) is 54.3 Å². The van der Waals surface area contributed by atoms with Crippen molar-refractivity contribution >= 4 is 27.5 Å². The highest BCUT2D eigenvalue weighted by Crippen LogP contribution is 2.47. The third-order valence-electron chi connectivity index (χ3n) is 9.55. The van der Waals surface area contributed by atoms with E-state index in [1.165, 1.54) is 31.0 Å². The van der Waals surface area contributed by atoms with Crippen LogP contribution in [0.15, 0.2) is 36.5 Å². The molecule has 4 fully saturated rings. The lowest BCUT2D eigenvalue weighted by Gasteiger charge is -2.34. The zero-order valence-electron chi connectivity index (χ0n) is 23.5. The minimum absolute atomic E-state index is 0.0721. The number of hydrogen-bond donors (Lipinski definition) is 2. The highest BCUT2D eigenvalue weighted by Gasteiger charge is 2.45. The van der Waals surface area contributed by atoms with Gasteiger partial charge in [0.1, 0.15) is 28.6 Å². The van der Waals surface area contributed by atoms with Crippen LogP contribution in [0, 0.1) is 17.0 Å². The first-order valence-electron chi connectivity index (χ1n) is 15.1. The smallest absolute Gasteiger partial charge is 0.319 e. The summed E-state index contributed by atoms with van der Waals surface area (Å²) >= 11 is 0. The number of fused-ring (bicyclic) bond motifs is 4. The molecule has 2 N–H and O–H groups in total. The third kappa shape index (κ3) is 4.61. The second kappa shape index (κ2) is 9.98. The number of ether oxygens (including phenoxy) is 1. The zero-order chi connectivity index (χ0) is 28.4. The number of aromatic nitrogens is 3. The maximum absolute atomic E-state index is 16.5. The van der Waals surface area contributed by atoms with Crippen molar-refractivity contribution in [1.29, 1.82) is 0 Å². The van der Waals surface area contributed by atoms with Crippen molar-refractivity contribution in [3.05, 3.63) is 48.2 Å². The van der Waals surface area contributed by atoms with Gasteiger partial charge < -0.3 is 25.0 Å². The van der Waals surface area contributed by atoms with Gasteiger partial charge in [-0.05, 0) is 75.2 Å². The predicted octanol–water partition coefficient (Wildman–Crippen LogP) is 5.02. The summed E-state index contributed by atoms with van der Waals surface area (Å²) in [5.41, 5.74) is 0.282. The number of rotatable bonds is 7. The minimum atomic E-state index is -0.688. The Labute approximate surface area is 242 Å². The number of benzene rings is 2. The van der Waals surface area contributed by atoms with Gasteiger partial charge in [0.25, 0.3) is 0 Å². The van der Waals surface area contributed by atoms with E-state index in [4.69, 9.17) is 9.72 Å². The molecule has 5 heterocycles. The van der Waals surface area contributed by atoms with Crippen LogP contribution in [-0.4, -0.2) is 76.4 Å². The summed E-state index contributed by atoms with van der Waals surface area (Å²) in [6.45, 7) is 5.28. The highest BCUT2D eigenvalue weighted by atomic mass is 19.1. The number of nitrogens with zero attached hydrogens (tertiary/aromatic N) is 5. The van der Waals surface area contributed by atoms with Crippen LogP contribution >= 0.6 is 0 Å². The minimum Gasteiger partial charge on any atom is -0.508 e. The van der Waals surface area contributed by atoms with Crippen LogP contribution in [-0.2, 0) is 0 Å². The Morgan fingerprint density at radius 3 is 2.60 bits per heavy atom. The second-order valence-electron chi connectivity index (χ2n) is 12.7. The lowest BCUT2D eigenvalue weighted by molar-refractivity contribution is 0.170. The van der Waals surface area contributed by atoms with E-state index in [0.717, 1.165) is 58.4 Å². The van der Waals surface area contributed by atoms with Crippen LogP contribution in [0.2, 0.25) is 0 Å². The molecule has 10 heteroatoms. The Morgan fingerprint density at radius 2 is 1.83 bits per heavy atom. The van der Waals surface area contributed by atoms with Crippen LogP contribution in [0.4, 0.5) is 14.6 Å². The number of hydrogen-bond acceptors (Lipinski definition) is 8. The van der Waals surface area contributed by atoms with Gasteiger partial charge in [-0.1, -0.05) is 12.1 Å². The number of phenols is 1. The van der Waals surface area contributed by atoms with Crippen molar-refractivity contribution in [3.63, 3.8) is 0 Å². The average molecular weight is 573 g/mol. The summed E-state index contributed by atoms with van der Waals surface area (Å²) in [7, 11) is 0. The van der Waals surface area contributed by atoms with Gasteiger partial charge in [-0.25, -0.2) is 8.78 Å². The summed E-state index contributed by atoms with van der Waals surface area (Å²) in [6, 6.07) is 8.24. The molecule has 4 aromatic rings. The van der Waals surface area contributed by atoms with E-state index in [0.29, 0.717) is 35.3 Å². The first kappa shape index (κ1) is 26.0. The van der Waals surface area contributed by atoms with Crippen LogP contribution in [0.5, 0.6) is 11.8 Å². The highest BCUT2D eigenvalue weighted by molar-refractivity contribution is 6.00. The van der Waals surface area contributed by atoms with Crippen molar-refractivity contribution in [1.82, 2.24) is 25.2 Å². The largest absolute Gasteiger partial charge is 0.508 e. The molecule has 2 bridgehead atoms. The van der Waals surface area contributed by atoms with Crippen molar-refractivity contribution in [2.24, 2.45) is 5.41 Å². The molecule has 2 aromatic heterocycles. The zero-order valence-corrected chi connectivity index (χ0v) is 23.5. The van der Waals surface area contributed by atoms with Gasteiger partial charge in [-0.15, -0.1) is 0 Å². The van der Waals surface area contributed by atoms with E-state index in [2.05, 4.69) is 25.1 Å². The van der Waals surface area contributed by atoms with E-state index in [1.807, 2.05) is 0 Å². The van der Waals surface area contributed by atoms with Crippen LogP contribution in [0.1, 0.15) is 38.5 Å². The van der Waals surface area contributed by atoms with Crippen molar-refractivity contribution in [3.8, 4) is 23.0 Å². The van der Waals surface area contributed by atoms with Gasteiger partial charge in [0.05, 0.1) is 12.0 Å². The molecule has 4 aliphatic rings. The molecule has 3 saturated heterocycles. The number of aromatic hydroxyl groups is 1. The lowest BCUT2D eigenvalue weighted by Crippen LogP contribution is -2.51. The topological polar surface area (TPSA) is 86.6 Å². The third-order valence-corrected chi connectivity index (χ3v) is 9.55. The molecule has 0 unspecified atom stereocenters. The number of halogens is 2. The normalized spacial score (nSPS) is 23.2. The maximum Gasteiger partial charge on any atom is 0.319 e. The Morgan fingerprint density at radius 1 is 1.05 bits per heavy atom. The number of phenolic OH excluding ortho intramolecular Hbond substituents is 1. The summed E-state index contributed by atoms with van der Waals surface area (Å²) in [5.74, 6) is -0.684. The van der Waals surface area contributed by atoms with Gasteiger partial charge in [0.15, 0.2) is 5.82 Å². The van der Waals surface area contributed by atoms with Crippen LogP contribution < -0.4 is 15.0 Å². The molecule has 0 radical (unpaired) electrons. The lowest BCUT2D eigenvalue weighted by atomic mass is 9.99. The second-order valence-corrected chi connectivity index (χ2v) is 12.7. The first-order chi connectivity index (χ1) is 20.4. The van der Waals surface area contributed by atoms with Crippen molar-refractivity contribution < 1.29 is 18.6 Å². The number of likely N-dealkylation sites (tertiary alicyclic amines) is 1. The SMILES string of the molecule is Oc1cc(-c2ncc3c(N4C[C@H]5CC[C@@H](C4)N5)nc(OCC4(CN5CCCC5)CC4)nc3c2F)c2c(F)cccc2c1. The first-order valence-corrected chi connectivity index (χ1v) is 15.1. The van der Waals surface area contributed by atoms with Gasteiger partial charge in [0.2, 0.25) is 0 Å². The summed E-state index contributed by atoms with van der Waals surface area (Å²) < 4.78 is 37.9. The molecule has 2 atom stereocenters. The van der Waals surface area contributed by atoms with E-state index in [1.54, 1.807) is 18.3 Å². The molecule has 2 aromatic carbocycles. The molecular weight excluding hydrogens is 538 g/mol.